The van der Waals surface area contributed by atoms with Gasteiger partial charge in [0, 0.05) is 24.1 Å². The third kappa shape index (κ3) is 5.08. The number of hydrogen-bond acceptors (Lipinski definition) is 8. The molecule has 1 amide bonds. The first-order chi connectivity index (χ1) is 19.1. The lowest BCUT2D eigenvalue weighted by molar-refractivity contribution is 0.0920. The van der Waals surface area contributed by atoms with Gasteiger partial charge in [-0.05, 0) is 43.4 Å². The fraction of sp³-hybridized carbons (Fsp3) is 0.379. The van der Waals surface area contributed by atoms with Crippen molar-refractivity contribution in [3.05, 3.63) is 80.8 Å². The Morgan fingerprint density at radius 2 is 1.87 bits per heavy atom. The number of hydrogen-bond donors (Lipinski definition) is 0. The van der Waals surface area contributed by atoms with E-state index in [1.165, 1.54) is 11.3 Å². The molecule has 0 N–H and O–H groups in total. The summed E-state index contributed by atoms with van der Waals surface area (Å²) in [5, 5.41) is 0.727. The minimum absolute atomic E-state index is 0.168. The van der Waals surface area contributed by atoms with Gasteiger partial charge < -0.3 is 14.2 Å². The number of thiazole rings is 1. The van der Waals surface area contributed by atoms with Crippen molar-refractivity contribution in [1.82, 2.24) is 19.4 Å². The molecule has 39 heavy (non-hydrogen) atoms. The molecule has 10 heteroatoms. The van der Waals surface area contributed by atoms with Gasteiger partial charge in [-0.3, -0.25) is 14.3 Å². The zero-order valence-electron chi connectivity index (χ0n) is 22.0. The highest BCUT2D eigenvalue weighted by atomic mass is 32.1. The van der Waals surface area contributed by atoms with Gasteiger partial charge in [-0.1, -0.05) is 41.7 Å². The third-order valence-corrected chi connectivity index (χ3v) is 8.36. The molecule has 1 unspecified atom stereocenters. The van der Waals surface area contributed by atoms with Crippen molar-refractivity contribution < 1.29 is 19.0 Å². The number of aromatic nitrogens is 3. The van der Waals surface area contributed by atoms with Crippen LogP contribution in [0.15, 0.2) is 53.3 Å². The first-order valence-electron chi connectivity index (χ1n) is 13.1. The van der Waals surface area contributed by atoms with Crippen molar-refractivity contribution in [3.8, 4) is 11.5 Å². The van der Waals surface area contributed by atoms with Crippen LogP contribution in [0.5, 0.6) is 11.5 Å². The van der Waals surface area contributed by atoms with Crippen LogP contribution in [0.1, 0.15) is 59.6 Å². The second-order valence-corrected chi connectivity index (χ2v) is 10.9. The Morgan fingerprint density at radius 3 is 2.62 bits per heavy atom. The van der Waals surface area contributed by atoms with Gasteiger partial charge >= 0.3 is 6.09 Å². The molecule has 2 fully saturated rings. The van der Waals surface area contributed by atoms with Crippen LogP contribution in [0.3, 0.4) is 0 Å². The SMILES string of the molecule is COc1ccc(Cn2c(C3CC3)nc3sc(C4CCCN4C(=O)OCc4ccccc4)nc3c2=O)c(OC)c1. The number of carbonyl (C=O) groups is 1. The van der Waals surface area contributed by atoms with Crippen molar-refractivity contribution in [2.75, 3.05) is 20.8 Å². The highest BCUT2D eigenvalue weighted by molar-refractivity contribution is 7.18. The second-order valence-electron chi connectivity index (χ2n) is 9.91. The Labute approximate surface area is 230 Å². The Bertz CT molecular complexity index is 1560. The van der Waals surface area contributed by atoms with Crippen LogP contribution >= 0.6 is 11.3 Å². The Balaban J connectivity index is 1.30. The average molecular weight is 547 g/mol. The molecule has 1 aliphatic carbocycles. The van der Waals surface area contributed by atoms with Crippen LogP contribution < -0.4 is 15.0 Å². The molecule has 0 bridgehead atoms. The summed E-state index contributed by atoms with van der Waals surface area (Å²) < 4.78 is 18.2. The maximum atomic E-state index is 13.8. The number of carbonyl (C=O) groups excluding carboxylic acids is 1. The minimum Gasteiger partial charge on any atom is -0.497 e. The number of ether oxygens (including phenoxy) is 3. The normalized spacial score (nSPS) is 17.0. The fourth-order valence-corrected chi connectivity index (χ4v) is 6.17. The lowest BCUT2D eigenvalue weighted by Gasteiger charge is -2.22. The van der Waals surface area contributed by atoms with Crippen LogP contribution in [-0.4, -0.2) is 46.3 Å². The van der Waals surface area contributed by atoms with Gasteiger partial charge in [0.2, 0.25) is 0 Å². The first-order valence-corrected chi connectivity index (χ1v) is 14.0. The second kappa shape index (κ2) is 10.7. The molecule has 6 rings (SSSR count). The summed E-state index contributed by atoms with van der Waals surface area (Å²) in [6, 6.07) is 15.0. The van der Waals surface area contributed by atoms with Crippen LogP contribution in [0, 0.1) is 0 Å². The van der Waals surface area contributed by atoms with Gasteiger partial charge in [0.25, 0.3) is 5.56 Å². The molecule has 0 spiro atoms. The summed E-state index contributed by atoms with van der Waals surface area (Å²) in [5.41, 5.74) is 1.98. The summed E-state index contributed by atoms with van der Waals surface area (Å²) in [6.45, 7) is 1.14. The van der Waals surface area contributed by atoms with Crippen LogP contribution in [0.4, 0.5) is 4.79 Å². The maximum absolute atomic E-state index is 13.8. The molecule has 1 atom stereocenters. The molecule has 3 heterocycles. The van der Waals surface area contributed by atoms with Crippen molar-refractivity contribution >= 4 is 27.8 Å². The highest BCUT2D eigenvalue weighted by Crippen LogP contribution is 2.41. The molecule has 9 nitrogen and oxygen atoms in total. The van der Waals surface area contributed by atoms with E-state index in [0.29, 0.717) is 34.9 Å². The molecular weight excluding hydrogens is 516 g/mol. The minimum atomic E-state index is -0.365. The molecule has 1 saturated heterocycles. The largest absolute Gasteiger partial charge is 0.497 e. The number of fused-ring (bicyclic) bond motifs is 1. The van der Waals surface area contributed by atoms with Gasteiger partial charge in [0.1, 0.15) is 28.9 Å². The molecule has 1 aliphatic heterocycles. The zero-order valence-corrected chi connectivity index (χ0v) is 22.8. The third-order valence-electron chi connectivity index (χ3n) is 7.31. The summed E-state index contributed by atoms with van der Waals surface area (Å²) in [6.07, 6.45) is 3.27. The summed E-state index contributed by atoms with van der Waals surface area (Å²) in [4.78, 5) is 38.8. The van der Waals surface area contributed by atoms with E-state index >= 15 is 0 Å². The monoisotopic (exact) mass is 546 g/mol. The van der Waals surface area contributed by atoms with Crippen molar-refractivity contribution in [3.63, 3.8) is 0 Å². The van der Waals surface area contributed by atoms with Gasteiger partial charge in [0.15, 0.2) is 10.3 Å². The average Bonchev–Trinajstić information content (AvgIpc) is 3.53. The number of benzene rings is 2. The van der Waals surface area contributed by atoms with E-state index in [0.717, 1.165) is 47.6 Å². The van der Waals surface area contributed by atoms with E-state index < -0.39 is 0 Å². The summed E-state index contributed by atoms with van der Waals surface area (Å²) >= 11 is 1.41. The molecule has 4 aromatic rings. The van der Waals surface area contributed by atoms with Gasteiger partial charge in [-0.15, -0.1) is 0 Å². The van der Waals surface area contributed by atoms with E-state index in [1.807, 2.05) is 48.5 Å². The highest BCUT2D eigenvalue weighted by Gasteiger charge is 2.35. The summed E-state index contributed by atoms with van der Waals surface area (Å²) in [7, 11) is 3.21. The van der Waals surface area contributed by atoms with Crippen molar-refractivity contribution in [1.29, 1.82) is 0 Å². The van der Waals surface area contributed by atoms with Gasteiger partial charge in [-0.25, -0.2) is 14.8 Å². The summed E-state index contributed by atoms with van der Waals surface area (Å²) in [5.74, 6) is 2.38. The number of amides is 1. The Kier molecular flexibility index (Phi) is 6.95. The van der Waals surface area contributed by atoms with E-state index in [-0.39, 0.29) is 30.2 Å². The Morgan fingerprint density at radius 1 is 1.05 bits per heavy atom. The lowest BCUT2D eigenvalue weighted by Crippen LogP contribution is -2.31. The van der Waals surface area contributed by atoms with Crippen LogP contribution in [0.25, 0.3) is 10.3 Å². The number of likely N-dealkylation sites (tertiary alicyclic amines) is 1. The van der Waals surface area contributed by atoms with E-state index in [4.69, 9.17) is 24.2 Å². The van der Waals surface area contributed by atoms with Crippen LogP contribution in [-0.2, 0) is 17.9 Å². The number of rotatable bonds is 8. The standard InChI is InChI=1S/C29H30N4O5S/c1-36-21-13-12-20(23(15-21)37-2)16-33-25(19-10-11-19)31-27-24(28(33)34)30-26(39-27)22-9-6-14-32(22)29(35)38-17-18-7-4-3-5-8-18/h3-5,7-8,12-13,15,19,22H,6,9-11,14,16-17H2,1-2H3. The van der Waals surface area contributed by atoms with Crippen molar-refractivity contribution in [2.24, 2.45) is 0 Å². The molecule has 2 aromatic carbocycles. The molecule has 202 valence electrons. The van der Waals surface area contributed by atoms with Crippen molar-refractivity contribution in [2.45, 2.75) is 50.8 Å². The smallest absolute Gasteiger partial charge is 0.410 e. The molecule has 2 aliphatic rings. The van der Waals surface area contributed by atoms with E-state index in [1.54, 1.807) is 23.7 Å². The quantitative estimate of drug-likeness (QED) is 0.297. The maximum Gasteiger partial charge on any atom is 0.410 e. The first kappa shape index (κ1) is 25.4. The molecule has 2 aromatic heterocycles. The van der Waals surface area contributed by atoms with Crippen LogP contribution in [0.2, 0.25) is 0 Å². The molecule has 1 saturated carbocycles. The van der Waals surface area contributed by atoms with E-state index in [2.05, 4.69) is 0 Å². The fourth-order valence-electron chi connectivity index (χ4n) is 5.09. The Hall–Kier alpha value is -3.92. The van der Waals surface area contributed by atoms with Gasteiger partial charge in [-0.2, -0.15) is 0 Å². The predicted octanol–water partition coefficient (Wildman–Crippen LogP) is 5.27. The molecule has 0 radical (unpaired) electrons. The van der Waals surface area contributed by atoms with Gasteiger partial charge in [0.05, 0.1) is 26.8 Å². The number of nitrogens with zero attached hydrogens (tertiary/aromatic N) is 4. The number of methoxy groups -OCH3 is 2. The lowest BCUT2D eigenvalue weighted by atomic mass is 10.1. The zero-order chi connectivity index (χ0) is 26.9. The predicted molar refractivity (Wildman–Crippen MR) is 148 cm³/mol. The van der Waals surface area contributed by atoms with E-state index in [9.17, 15) is 9.59 Å². The molecular formula is C29H30N4O5S. The topological polar surface area (TPSA) is 95.8 Å².